The van der Waals surface area contributed by atoms with Gasteiger partial charge in [0, 0.05) is 13.2 Å². The minimum Gasteiger partial charge on any atom is -0.444 e. The summed E-state index contributed by atoms with van der Waals surface area (Å²) in [6, 6.07) is 0. The van der Waals surface area contributed by atoms with Crippen molar-refractivity contribution in [2.24, 2.45) is 5.41 Å². The number of hydrogen-bond acceptors (Lipinski definition) is 7. The summed E-state index contributed by atoms with van der Waals surface area (Å²) in [5.41, 5.74) is -0.503. The van der Waals surface area contributed by atoms with Crippen LogP contribution in [0.1, 0.15) is 40.0 Å². The third-order valence-corrected chi connectivity index (χ3v) is 5.21. The summed E-state index contributed by atoms with van der Waals surface area (Å²) in [5, 5.41) is 9.32. The number of hydrogen-bond donors (Lipinski definition) is 1. The van der Waals surface area contributed by atoms with Crippen molar-refractivity contribution in [3.05, 3.63) is 0 Å². The number of aliphatic hydroxyl groups is 1. The molecular formula is C20H35NO7. The molecule has 0 bridgehead atoms. The van der Waals surface area contributed by atoms with Crippen molar-refractivity contribution in [2.75, 3.05) is 52.7 Å². The molecule has 162 valence electrons. The van der Waals surface area contributed by atoms with Crippen molar-refractivity contribution >= 4 is 6.09 Å². The summed E-state index contributed by atoms with van der Waals surface area (Å²) < 4.78 is 28.1. The van der Waals surface area contributed by atoms with Crippen LogP contribution in [-0.2, 0) is 23.7 Å². The molecule has 28 heavy (non-hydrogen) atoms. The van der Waals surface area contributed by atoms with Gasteiger partial charge in [-0.2, -0.15) is 0 Å². The molecule has 0 radical (unpaired) electrons. The van der Waals surface area contributed by atoms with Gasteiger partial charge in [-0.25, -0.2) is 4.79 Å². The third-order valence-electron chi connectivity index (χ3n) is 5.21. The molecule has 0 unspecified atom stereocenters. The van der Waals surface area contributed by atoms with Crippen molar-refractivity contribution in [3.8, 4) is 0 Å². The number of likely N-dealkylation sites (tertiary alicyclic amines) is 1. The molecule has 0 spiro atoms. The SMILES string of the molecule is CC(C)(C)OC(=O)N1CC(OCCCOCC2(COC3CC(O)C3)COC2)C1. The Hall–Kier alpha value is -0.930. The fourth-order valence-electron chi connectivity index (χ4n) is 3.29. The minimum atomic E-state index is -0.465. The molecule has 0 aromatic heterocycles. The third kappa shape index (κ3) is 6.29. The largest absolute Gasteiger partial charge is 0.444 e. The number of amides is 1. The van der Waals surface area contributed by atoms with Gasteiger partial charge in [-0.05, 0) is 40.0 Å². The van der Waals surface area contributed by atoms with Crippen LogP contribution < -0.4 is 0 Å². The summed E-state index contributed by atoms with van der Waals surface area (Å²) in [6.45, 7) is 10.6. The van der Waals surface area contributed by atoms with E-state index in [1.54, 1.807) is 4.90 Å². The molecule has 3 rings (SSSR count). The van der Waals surface area contributed by atoms with Crippen molar-refractivity contribution in [2.45, 2.75) is 63.9 Å². The number of nitrogens with zero attached hydrogens (tertiary/aromatic N) is 1. The quantitative estimate of drug-likeness (QED) is 0.556. The number of rotatable bonds is 10. The van der Waals surface area contributed by atoms with E-state index in [1.165, 1.54) is 0 Å². The van der Waals surface area contributed by atoms with Crippen LogP contribution in [0.25, 0.3) is 0 Å². The van der Waals surface area contributed by atoms with Crippen molar-refractivity contribution in [3.63, 3.8) is 0 Å². The van der Waals surface area contributed by atoms with E-state index in [4.69, 9.17) is 23.7 Å². The molecule has 3 fully saturated rings. The maximum atomic E-state index is 11.9. The van der Waals surface area contributed by atoms with Gasteiger partial charge in [0.05, 0.1) is 63.2 Å². The van der Waals surface area contributed by atoms with E-state index in [9.17, 15) is 9.90 Å². The molecular weight excluding hydrogens is 366 g/mol. The second-order valence-corrected chi connectivity index (χ2v) is 9.34. The van der Waals surface area contributed by atoms with Gasteiger partial charge in [0.25, 0.3) is 0 Å². The first-order valence-corrected chi connectivity index (χ1v) is 10.3. The molecule has 0 aromatic rings. The monoisotopic (exact) mass is 401 g/mol. The van der Waals surface area contributed by atoms with Crippen LogP contribution in [0, 0.1) is 5.41 Å². The van der Waals surface area contributed by atoms with Gasteiger partial charge >= 0.3 is 6.09 Å². The topological polar surface area (TPSA) is 86.7 Å². The van der Waals surface area contributed by atoms with E-state index in [2.05, 4.69) is 0 Å². The standard InChI is InChI=1S/C20H35NO7/c1-19(2,3)28-18(23)21-9-17(10-21)26-6-4-5-24-11-20(12-25-13-20)14-27-16-7-15(22)8-16/h15-17,22H,4-14H2,1-3H3. The lowest BCUT2D eigenvalue weighted by Gasteiger charge is -2.43. The Morgan fingerprint density at radius 1 is 1.11 bits per heavy atom. The van der Waals surface area contributed by atoms with Crippen molar-refractivity contribution in [1.82, 2.24) is 4.90 Å². The van der Waals surface area contributed by atoms with E-state index >= 15 is 0 Å². The van der Waals surface area contributed by atoms with Crippen LogP contribution in [0.4, 0.5) is 4.79 Å². The molecule has 8 nitrogen and oxygen atoms in total. The molecule has 1 saturated carbocycles. The van der Waals surface area contributed by atoms with E-state index in [0.29, 0.717) is 52.7 Å². The lowest BCUT2D eigenvalue weighted by molar-refractivity contribution is -0.198. The average molecular weight is 402 g/mol. The molecule has 8 heteroatoms. The zero-order valence-electron chi connectivity index (χ0n) is 17.4. The van der Waals surface area contributed by atoms with Gasteiger partial charge in [-0.15, -0.1) is 0 Å². The summed E-state index contributed by atoms with van der Waals surface area (Å²) in [4.78, 5) is 13.5. The van der Waals surface area contributed by atoms with Gasteiger partial charge in [0.1, 0.15) is 5.60 Å². The Morgan fingerprint density at radius 3 is 2.39 bits per heavy atom. The van der Waals surface area contributed by atoms with Gasteiger partial charge in [-0.1, -0.05) is 0 Å². The van der Waals surface area contributed by atoms with Gasteiger partial charge < -0.3 is 33.7 Å². The van der Waals surface area contributed by atoms with E-state index in [-0.39, 0.29) is 29.8 Å². The van der Waals surface area contributed by atoms with Gasteiger partial charge in [-0.3, -0.25) is 0 Å². The van der Waals surface area contributed by atoms with Crippen molar-refractivity contribution in [1.29, 1.82) is 0 Å². The van der Waals surface area contributed by atoms with E-state index in [1.807, 2.05) is 20.8 Å². The lowest BCUT2D eigenvalue weighted by atomic mass is 9.87. The fourth-order valence-corrected chi connectivity index (χ4v) is 3.29. The van der Waals surface area contributed by atoms with Gasteiger partial charge in [0.2, 0.25) is 0 Å². The van der Waals surface area contributed by atoms with Crippen LogP contribution in [0.15, 0.2) is 0 Å². The predicted molar refractivity (Wildman–Crippen MR) is 101 cm³/mol. The molecule has 3 aliphatic rings. The van der Waals surface area contributed by atoms with E-state index < -0.39 is 5.60 Å². The highest BCUT2D eigenvalue weighted by molar-refractivity contribution is 5.69. The Bertz CT molecular complexity index is 505. The second-order valence-electron chi connectivity index (χ2n) is 9.34. The maximum Gasteiger partial charge on any atom is 0.410 e. The van der Waals surface area contributed by atoms with Crippen LogP contribution in [-0.4, -0.2) is 92.7 Å². The molecule has 0 atom stereocenters. The number of carbonyl (C=O) groups is 1. The predicted octanol–water partition coefficient (Wildman–Crippen LogP) is 1.59. The van der Waals surface area contributed by atoms with Crippen LogP contribution in [0.2, 0.25) is 0 Å². The Labute approximate surface area is 167 Å². The first-order chi connectivity index (χ1) is 13.2. The zero-order chi connectivity index (χ0) is 20.2. The van der Waals surface area contributed by atoms with Crippen molar-refractivity contribution < 1.29 is 33.6 Å². The average Bonchev–Trinajstić information content (AvgIpc) is 2.49. The number of carbonyl (C=O) groups excluding carboxylic acids is 1. The molecule has 0 aromatic carbocycles. The maximum absolute atomic E-state index is 11.9. The molecule has 1 N–H and O–H groups in total. The summed E-state index contributed by atoms with van der Waals surface area (Å²) in [7, 11) is 0. The van der Waals surface area contributed by atoms with Crippen LogP contribution in [0.3, 0.4) is 0 Å². The summed E-state index contributed by atoms with van der Waals surface area (Å²) in [5.74, 6) is 0. The Balaban J connectivity index is 1.18. The number of ether oxygens (including phenoxy) is 5. The highest BCUT2D eigenvalue weighted by Crippen LogP contribution is 2.31. The normalized spacial score (nSPS) is 26.9. The number of aliphatic hydroxyl groups excluding tert-OH is 1. The fraction of sp³-hybridized carbons (Fsp3) is 0.950. The Morgan fingerprint density at radius 2 is 1.82 bits per heavy atom. The van der Waals surface area contributed by atoms with E-state index in [0.717, 1.165) is 19.3 Å². The smallest absolute Gasteiger partial charge is 0.410 e. The highest BCUT2D eigenvalue weighted by Gasteiger charge is 2.41. The van der Waals surface area contributed by atoms with Crippen LogP contribution in [0.5, 0.6) is 0 Å². The highest BCUT2D eigenvalue weighted by atomic mass is 16.6. The second kappa shape index (κ2) is 9.26. The lowest BCUT2D eigenvalue weighted by Crippen LogP contribution is -2.56. The molecule has 2 heterocycles. The first kappa shape index (κ1) is 21.8. The molecule has 1 aliphatic carbocycles. The first-order valence-electron chi connectivity index (χ1n) is 10.3. The molecule has 2 saturated heterocycles. The Kier molecular flexibility index (Phi) is 7.20. The summed E-state index contributed by atoms with van der Waals surface area (Å²) in [6.07, 6.45) is 2.09. The van der Waals surface area contributed by atoms with Crippen LogP contribution >= 0.6 is 0 Å². The molecule has 2 aliphatic heterocycles. The zero-order valence-corrected chi connectivity index (χ0v) is 17.4. The minimum absolute atomic E-state index is 0.0384. The van der Waals surface area contributed by atoms with Gasteiger partial charge in [0.15, 0.2) is 0 Å². The molecule has 1 amide bonds. The summed E-state index contributed by atoms with van der Waals surface area (Å²) >= 11 is 0.